The van der Waals surface area contributed by atoms with Gasteiger partial charge in [0.15, 0.2) is 0 Å². The molecule has 0 saturated carbocycles. The highest BCUT2D eigenvalue weighted by molar-refractivity contribution is 5.81. The van der Waals surface area contributed by atoms with Crippen LogP contribution in [0.4, 0.5) is 0 Å². The van der Waals surface area contributed by atoms with Gasteiger partial charge in [-0.2, -0.15) is 0 Å². The number of carboxylic acids is 1. The van der Waals surface area contributed by atoms with Crippen molar-refractivity contribution in [2.24, 2.45) is 5.92 Å². The number of nitrogens with zero attached hydrogens (tertiary/aromatic N) is 1. The van der Waals surface area contributed by atoms with Crippen LogP contribution in [-0.2, 0) is 9.59 Å². The normalized spacial score (nSPS) is 11.0. The first-order valence-electron chi connectivity index (χ1n) is 9.97. The molecule has 0 fully saturated rings. The number of amides is 1. The second kappa shape index (κ2) is 15.5. The number of rotatable bonds is 16. The van der Waals surface area contributed by atoms with E-state index in [0.717, 1.165) is 12.8 Å². The Morgan fingerprint density at radius 3 is 1.71 bits per heavy atom. The van der Waals surface area contributed by atoms with Gasteiger partial charge in [0, 0.05) is 13.0 Å². The molecule has 1 N–H and O–H groups in total. The van der Waals surface area contributed by atoms with Crippen LogP contribution in [0.3, 0.4) is 0 Å². The van der Waals surface area contributed by atoms with E-state index in [1.807, 2.05) is 13.8 Å². The Morgan fingerprint density at radius 1 is 0.833 bits per heavy atom. The Hall–Kier alpha value is -1.06. The second-order valence-electron chi connectivity index (χ2n) is 7.35. The Morgan fingerprint density at radius 2 is 1.29 bits per heavy atom. The van der Waals surface area contributed by atoms with Gasteiger partial charge < -0.3 is 10.0 Å². The fourth-order valence-corrected chi connectivity index (χ4v) is 2.96. The maximum absolute atomic E-state index is 12.1. The first-order valence-corrected chi connectivity index (χ1v) is 9.97. The van der Waals surface area contributed by atoms with Crippen LogP contribution in [0.5, 0.6) is 0 Å². The molecule has 0 aromatic rings. The fourth-order valence-electron chi connectivity index (χ4n) is 2.96. The summed E-state index contributed by atoms with van der Waals surface area (Å²) in [7, 11) is 0. The molecule has 1 amide bonds. The topological polar surface area (TPSA) is 57.6 Å². The van der Waals surface area contributed by atoms with E-state index in [9.17, 15) is 9.59 Å². The maximum Gasteiger partial charge on any atom is 0.323 e. The Balaban J connectivity index is 3.63. The summed E-state index contributed by atoms with van der Waals surface area (Å²) < 4.78 is 0. The molecule has 4 nitrogen and oxygen atoms in total. The quantitative estimate of drug-likeness (QED) is 0.390. The third kappa shape index (κ3) is 14.5. The zero-order valence-corrected chi connectivity index (χ0v) is 16.2. The molecule has 0 aromatic heterocycles. The highest BCUT2D eigenvalue weighted by Gasteiger charge is 2.17. The van der Waals surface area contributed by atoms with Crippen LogP contribution in [0, 0.1) is 5.92 Å². The smallest absolute Gasteiger partial charge is 0.323 e. The van der Waals surface area contributed by atoms with Gasteiger partial charge in [0.05, 0.1) is 0 Å². The van der Waals surface area contributed by atoms with Crippen molar-refractivity contribution in [2.45, 2.75) is 97.8 Å². The van der Waals surface area contributed by atoms with Crippen LogP contribution < -0.4 is 0 Å². The van der Waals surface area contributed by atoms with Crippen LogP contribution in [0.1, 0.15) is 97.8 Å². The average molecular weight is 342 g/mol. The van der Waals surface area contributed by atoms with Crippen LogP contribution in [-0.4, -0.2) is 35.0 Å². The lowest BCUT2D eigenvalue weighted by atomic mass is 10.0. The van der Waals surface area contributed by atoms with Crippen LogP contribution in [0.25, 0.3) is 0 Å². The SMILES string of the molecule is CCCCCCCCCCCCCC(=O)N(CC(=O)O)CC(C)C. The summed E-state index contributed by atoms with van der Waals surface area (Å²) in [4.78, 5) is 24.5. The third-order valence-electron chi connectivity index (χ3n) is 4.26. The molecule has 142 valence electrons. The molecular weight excluding hydrogens is 302 g/mol. The molecule has 4 heteroatoms. The highest BCUT2D eigenvalue weighted by Crippen LogP contribution is 2.12. The van der Waals surface area contributed by atoms with E-state index in [2.05, 4.69) is 6.92 Å². The molecule has 0 spiro atoms. The number of hydrogen-bond donors (Lipinski definition) is 1. The van der Waals surface area contributed by atoms with Crippen molar-refractivity contribution in [1.82, 2.24) is 4.90 Å². The number of carbonyl (C=O) groups is 2. The van der Waals surface area contributed by atoms with Gasteiger partial charge in [-0.15, -0.1) is 0 Å². The van der Waals surface area contributed by atoms with Gasteiger partial charge in [-0.3, -0.25) is 9.59 Å². The van der Waals surface area contributed by atoms with Crippen LogP contribution in [0.2, 0.25) is 0 Å². The molecule has 0 aliphatic carbocycles. The first kappa shape index (κ1) is 22.9. The summed E-state index contributed by atoms with van der Waals surface area (Å²) in [6.45, 7) is 6.61. The summed E-state index contributed by atoms with van der Waals surface area (Å²) >= 11 is 0. The molecule has 0 radical (unpaired) electrons. The Bertz CT molecular complexity index is 329. The van der Waals surface area contributed by atoms with E-state index < -0.39 is 5.97 Å². The van der Waals surface area contributed by atoms with Gasteiger partial charge in [-0.25, -0.2) is 0 Å². The van der Waals surface area contributed by atoms with E-state index in [1.165, 1.54) is 62.7 Å². The van der Waals surface area contributed by atoms with Gasteiger partial charge in [0.25, 0.3) is 0 Å². The average Bonchev–Trinajstić information content (AvgIpc) is 2.50. The lowest BCUT2D eigenvalue weighted by Gasteiger charge is -2.22. The lowest BCUT2D eigenvalue weighted by molar-refractivity contribution is -0.144. The number of unbranched alkanes of at least 4 members (excludes halogenated alkanes) is 10. The summed E-state index contributed by atoms with van der Waals surface area (Å²) in [5.74, 6) is -0.643. The van der Waals surface area contributed by atoms with Crippen molar-refractivity contribution in [2.75, 3.05) is 13.1 Å². The molecule has 0 saturated heterocycles. The van der Waals surface area contributed by atoms with E-state index >= 15 is 0 Å². The van der Waals surface area contributed by atoms with Gasteiger partial charge in [0.2, 0.25) is 5.91 Å². The molecule has 0 atom stereocenters. The zero-order valence-electron chi connectivity index (χ0n) is 16.2. The van der Waals surface area contributed by atoms with Crippen molar-refractivity contribution >= 4 is 11.9 Å². The number of carboxylic acid groups (broad SMARTS) is 1. The molecule has 0 rings (SSSR count). The zero-order chi connectivity index (χ0) is 18.2. The fraction of sp³-hybridized carbons (Fsp3) is 0.900. The molecule has 0 aliphatic heterocycles. The monoisotopic (exact) mass is 341 g/mol. The molecule has 0 aliphatic rings. The maximum atomic E-state index is 12.1. The molecule has 24 heavy (non-hydrogen) atoms. The van der Waals surface area contributed by atoms with Gasteiger partial charge in [-0.1, -0.05) is 85.0 Å². The first-order chi connectivity index (χ1) is 11.5. The molecule has 0 bridgehead atoms. The summed E-state index contributed by atoms with van der Waals surface area (Å²) in [6, 6.07) is 0. The molecule has 0 unspecified atom stereocenters. The summed E-state index contributed by atoms with van der Waals surface area (Å²) in [5.41, 5.74) is 0. The van der Waals surface area contributed by atoms with Crippen molar-refractivity contribution in [3.8, 4) is 0 Å². The predicted octanol–water partition coefficient (Wildman–Crippen LogP) is 5.26. The third-order valence-corrected chi connectivity index (χ3v) is 4.26. The number of carbonyl (C=O) groups excluding carboxylic acids is 1. The Kier molecular flexibility index (Phi) is 14.8. The van der Waals surface area contributed by atoms with Crippen molar-refractivity contribution in [3.05, 3.63) is 0 Å². The summed E-state index contributed by atoms with van der Waals surface area (Å²) in [5, 5.41) is 8.91. The van der Waals surface area contributed by atoms with Gasteiger partial charge in [-0.05, 0) is 12.3 Å². The minimum absolute atomic E-state index is 0.0120. The van der Waals surface area contributed by atoms with E-state index in [1.54, 1.807) is 0 Å². The second-order valence-corrected chi connectivity index (χ2v) is 7.35. The van der Waals surface area contributed by atoms with E-state index in [4.69, 9.17) is 5.11 Å². The van der Waals surface area contributed by atoms with Gasteiger partial charge in [0.1, 0.15) is 6.54 Å². The Labute approximate surface area is 149 Å². The molecular formula is C20H39NO3. The lowest BCUT2D eigenvalue weighted by Crippen LogP contribution is -2.38. The predicted molar refractivity (Wildman–Crippen MR) is 100 cm³/mol. The largest absolute Gasteiger partial charge is 0.480 e. The van der Waals surface area contributed by atoms with Crippen LogP contribution >= 0.6 is 0 Å². The van der Waals surface area contributed by atoms with E-state index in [0.29, 0.717) is 18.9 Å². The summed E-state index contributed by atoms with van der Waals surface area (Å²) in [6.07, 6.45) is 14.3. The van der Waals surface area contributed by atoms with Crippen molar-refractivity contribution in [3.63, 3.8) is 0 Å². The van der Waals surface area contributed by atoms with E-state index in [-0.39, 0.29) is 12.5 Å². The van der Waals surface area contributed by atoms with Crippen molar-refractivity contribution < 1.29 is 14.7 Å². The van der Waals surface area contributed by atoms with Crippen LogP contribution in [0.15, 0.2) is 0 Å². The molecule has 0 heterocycles. The number of hydrogen-bond acceptors (Lipinski definition) is 2. The van der Waals surface area contributed by atoms with Crippen molar-refractivity contribution in [1.29, 1.82) is 0 Å². The minimum Gasteiger partial charge on any atom is -0.480 e. The molecule has 0 aromatic carbocycles. The minimum atomic E-state index is -0.928. The number of aliphatic carboxylic acids is 1. The van der Waals surface area contributed by atoms with Gasteiger partial charge >= 0.3 is 5.97 Å². The highest BCUT2D eigenvalue weighted by atomic mass is 16.4. The standard InChI is InChI=1S/C20H39NO3/c1-4-5-6-7-8-9-10-11-12-13-14-15-19(22)21(16-18(2)3)17-20(23)24/h18H,4-17H2,1-3H3,(H,23,24).